The number of nitrogens with one attached hydrogen (secondary N) is 3. The highest BCUT2D eigenvalue weighted by Gasteiger charge is 2.35. The molecule has 0 saturated heterocycles. The van der Waals surface area contributed by atoms with Crippen LogP contribution in [0.2, 0.25) is 0 Å². The summed E-state index contributed by atoms with van der Waals surface area (Å²) in [6, 6.07) is 12.3. The van der Waals surface area contributed by atoms with Gasteiger partial charge in [0, 0.05) is 48.9 Å². The first-order valence-electron chi connectivity index (χ1n) is 14.8. The van der Waals surface area contributed by atoms with E-state index in [1.807, 2.05) is 6.07 Å². The molecule has 1 aromatic heterocycles. The SMILES string of the molecule is CNC(=O)c1ccc(NCC#Cc2cc3c(NC4CCC(C)(N(C)CCOC)CC4)cccc3n2CC(F)(F)F)c(OC)c1. The number of hydrogen-bond donors (Lipinski definition) is 3. The third kappa shape index (κ3) is 7.98. The van der Waals surface area contributed by atoms with E-state index in [0.29, 0.717) is 34.5 Å². The van der Waals surface area contributed by atoms with Crippen molar-refractivity contribution in [3.05, 3.63) is 53.7 Å². The lowest BCUT2D eigenvalue weighted by molar-refractivity contribution is -0.140. The first-order valence-corrected chi connectivity index (χ1v) is 14.8. The highest BCUT2D eigenvalue weighted by atomic mass is 19.4. The number of anilines is 2. The van der Waals surface area contributed by atoms with Gasteiger partial charge < -0.3 is 30.0 Å². The van der Waals surface area contributed by atoms with Gasteiger partial charge in [0.25, 0.3) is 5.91 Å². The number of benzene rings is 2. The van der Waals surface area contributed by atoms with Crippen molar-refractivity contribution in [1.82, 2.24) is 14.8 Å². The van der Waals surface area contributed by atoms with Crippen molar-refractivity contribution in [3.8, 4) is 17.6 Å². The van der Waals surface area contributed by atoms with Gasteiger partial charge >= 0.3 is 6.18 Å². The molecule has 1 saturated carbocycles. The normalized spacial score (nSPS) is 18.5. The van der Waals surface area contributed by atoms with Gasteiger partial charge in [-0.25, -0.2) is 0 Å². The number of nitrogens with zero attached hydrogens (tertiary/aromatic N) is 2. The fraction of sp³-hybridized carbons (Fsp3) is 0.485. The topological polar surface area (TPSA) is 79.8 Å². The molecular formula is C33H42F3N5O3. The molecule has 4 rings (SSSR count). The number of likely N-dealkylation sites (N-methyl/N-ethyl adjacent to an activating group) is 1. The number of fused-ring (bicyclic) bond motifs is 1. The van der Waals surface area contributed by atoms with E-state index in [0.717, 1.165) is 37.9 Å². The maximum Gasteiger partial charge on any atom is 0.406 e. The molecule has 3 aromatic rings. The second kappa shape index (κ2) is 14.3. The Morgan fingerprint density at radius 1 is 1.14 bits per heavy atom. The molecular weight excluding hydrogens is 571 g/mol. The van der Waals surface area contributed by atoms with Gasteiger partial charge in [-0.1, -0.05) is 12.0 Å². The second-order valence-electron chi connectivity index (χ2n) is 11.4. The van der Waals surface area contributed by atoms with Gasteiger partial charge in [-0.2, -0.15) is 13.2 Å². The maximum absolute atomic E-state index is 13.7. The summed E-state index contributed by atoms with van der Waals surface area (Å²) >= 11 is 0. The Morgan fingerprint density at radius 3 is 2.55 bits per heavy atom. The fourth-order valence-electron chi connectivity index (χ4n) is 5.74. The highest BCUT2D eigenvalue weighted by Crippen LogP contribution is 2.36. The van der Waals surface area contributed by atoms with Gasteiger partial charge in [-0.15, -0.1) is 0 Å². The first-order chi connectivity index (χ1) is 21.0. The van der Waals surface area contributed by atoms with Gasteiger partial charge in [0.15, 0.2) is 0 Å². The van der Waals surface area contributed by atoms with Crippen LogP contribution >= 0.6 is 0 Å². The Bertz CT molecular complexity index is 1500. The van der Waals surface area contributed by atoms with Crippen LogP contribution in [0.1, 0.15) is 48.7 Å². The number of rotatable bonds is 11. The van der Waals surface area contributed by atoms with E-state index in [2.05, 4.69) is 46.7 Å². The lowest BCUT2D eigenvalue weighted by atomic mass is 9.79. The number of amides is 1. The Labute approximate surface area is 257 Å². The van der Waals surface area contributed by atoms with Crippen molar-refractivity contribution >= 4 is 28.2 Å². The molecule has 0 radical (unpaired) electrons. The minimum Gasteiger partial charge on any atom is -0.495 e. The minimum absolute atomic E-state index is 0.0890. The number of methoxy groups -OCH3 is 2. The summed E-state index contributed by atoms with van der Waals surface area (Å²) in [4.78, 5) is 14.3. The minimum atomic E-state index is -4.41. The van der Waals surface area contributed by atoms with Gasteiger partial charge in [0.05, 0.1) is 37.2 Å². The fourth-order valence-corrected chi connectivity index (χ4v) is 5.74. The zero-order chi connectivity index (χ0) is 31.9. The standard InChI is InChI=1S/C33H42F3N5O3/c1-32(40(3)18-19-43-4)15-13-24(14-16-32)39-27-9-6-10-29-26(27)21-25(41(29)22-33(34,35)36)8-7-17-38-28-12-11-23(31(42)37-2)20-30(28)44-5/h6,9-12,20-21,24,38-39H,13-19,22H2,1-5H3,(H,37,42). The van der Waals surface area contributed by atoms with Gasteiger partial charge in [0.2, 0.25) is 0 Å². The molecule has 11 heteroatoms. The molecule has 1 heterocycles. The van der Waals surface area contributed by atoms with Crippen LogP contribution in [0.4, 0.5) is 24.5 Å². The summed E-state index contributed by atoms with van der Waals surface area (Å²) in [5.74, 6) is 6.11. The van der Waals surface area contributed by atoms with Crippen LogP contribution in [-0.2, 0) is 11.3 Å². The molecule has 1 fully saturated rings. The molecule has 0 bridgehead atoms. The van der Waals surface area contributed by atoms with Crippen LogP contribution in [0, 0.1) is 11.8 Å². The third-order valence-corrected chi connectivity index (χ3v) is 8.53. The molecule has 1 amide bonds. The summed E-state index contributed by atoms with van der Waals surface area (Å²) in [5, 5.41) is 10.0. The lowest BCUT2D eigenvalue weighted by Crippen LogP contribution is -2.49. The van der Waals surface area contributed by atoms with E-state index in [1.165, 1.54) is 11.7 Å². The largest absolute Gasteiger partial charge is 0.495 e. The Kier molecular flexibility index (Phi) is 10.7. The number of hydrogen-bond acceptors (Lipinski definition) is 6. The number of carbonyl (C=O) groups excluding carboxylic acids is 1. The van der Waals surface area contributed by atoms with Crippen LogP contribution in [0.3, 0.4) is 0 Å². The number of halogens is 3. The molecule has 1 aliphatic carbocycles. The molecule has 238 valence electrons. The summed E-state index contributed by atoms with van der Waals surface area (Å²) < 4.78 is 52.9. The Hall–Kier alpha value is -3.88. The highest BCUT2D eigenvalue weighted by molar-refractivity contribution is 5.95. The molecule has 1 aliphatic rings. The number of aromatic nitrogens is 1. The zero-order valence-electron chi connectivity index (χ0n) is 26.0. The maximum atomic E-state index is 13.7. The molecule has 0 atom stereocenters. The van der Waals surface area contributed by atoms with Crippen molar-refractivity contribution < 1.29 is 27.4 Å². The Balaban J connectivity index is 1.52. The second-order valence-corrected chi connectivity index (χ2v) is 11.4. The smallest absolute Gasteiger partial charge is 0.406 e. The van der Waals surface area contributed by atoms with Gasteiger partial charge in [-0.05, 0) is 82.0 Å². The molecule has 3 N–H and O–H groups in total. The summed E-state index contributed by atoms with van der Waals surface area (Å²) in [7, 11) is 6.88. The average Bonchev–Trinajstić information content (AvgIpc) is 3.35. The molecule has 0 spiro atoms. The number of carbonyl (C=O) groups is 1. The monoisotopic (exact) mass is 613 g/mol. The van der Waals surface area contributed by atoms with E-state index < -0.39 is 12.7 Å². The third-order valence-electron chi connectivity index (χ3n) is 8.53. The van der Waals surface area contributed by atoms with Crippen molar-refractivity contribution in [1.29, 1.82) is 0 Å². The quantitative estimate of drug-likeness (QED) is 0.240. The summed E-state index contributed by atoms with van der Waals surface area (Å²) in [5.41, 5.74) is 2.73. The molecule has 0 unspecified atom stereocenters. The summed E-state index contributed by atoms with van der Waals surface area (Å²) in [6.07, 6.45) is -0.469. The Morgan fingerprint density at radius 2 is 1.89 bits per heavy atom. The van der Waals surface area contributed by atoms with Gasteiger partial charge in [0.1, 0.15) is 12.3 Å². The van der Waals surface area contributed by atoms with Crippen LogP contribution in [0.15, 0.2) is 42.5 Å². The van der Waals surface area contributed by atoms with Crippen LogP contribution in [0.5, 0.6) is 5.75 Å². The van der Waals surface area contributed by atoms with E-state index >= 15 is 0 Å². The van der Waals surface area contributed by atoms with Crippen molar-refractivity contribution in [2.45, 2.75) is 56.9 Å². The predicted molar refractivity (Wildman–Crippen MR) is 169 cm³/mol. The number of ether oxygens (including phenoxy) is 2. The van der Waals surface area contributed by atoms with Crippen molar-refractivity contribution in [2.75, 3.05) is 58.6 Å². The van der Waals surface area contributed by atoms with Crippen molar-refractivity contribution in [2.24, 2.45) is 0 Å². The molecule has 0 aliphatic heterocycles. The lowest BCUT2D eigenvalue weighted by Gasteiger charge is -2.44. The van der Waals surface area contributed by atoms with E-state index in [-0.39, 0.29) is 29.7 Å². The van der Waals surface area contributed by atoms with Gasteiger partial charge in [-0.3, -0.25) is 9.69 Å². The molecule has 8 nitrogen and oxygen atoms in total. The molecule has 44 heavy (non-hydrogen) atoms. The van der Waals surface area contributed by atoms with Crippen molar-refractivity contribution in [3.63, 3.8) is 0 Å². The van der Waals surface area contributed by atoms with E-state index in [9.17, 15) is 18.0 Å². The first kappa shape index (κ1) is 33.0. The molecule has 2 aromatic carbocycles. The number of alkyl halides is 3. The van der Waals surface area contributed by atoms with Crippen LogP contribution < -0.4 is 20.7 Å². The average molecular weight is 614 g/mol. The van der Waals surface area contributed by atoms with E-state index in [4.69, 9.17) is 9.47 Å². The van der Waals surface area contributed by atoms with Crippen LogP contribution in [-0.4, -0.2) is 81.1 Å². The van der Waals surface area contributed by atoms with E-state index in [1.54, 1.807) is 50.6 Å². The van der Waals surface area contributed by atoms with Crippen LogP contribution in [0.25, 0.3) is 10.9 Å². The summed E-state index contributed by atoms with van der Waals surface area (Å²) in [6.45, 7) is 2.86. The predicted octanol–water partition coefficient (Wildman–Crippen LogP) is 5.73. The zero-order valence-corrected chi connectivity index (χ0v) is 26.0.